The quantitative estimate of drug-likeness (QED) is 0.316. The fraction of sp³-hybridized carbons (Fsp3) is 0.167. The normalized spacial score (nSPS) is 10.1. The molecule has 1 amide bonds. The minimum atomic E-state index is -0.647. The number of amides is 1. The molecule has 0 radical (unpaired) electrons. The molecule has 1 heterocycles. The predicted octanol–water partition coefficient (Wildman–Crippen LogP) is 4.95. The van der Waals surface area contributed by atoms with Gasteiger partial charge in [-0.2, -0.15) is 5.26 Å². The highest BCUT2D eigenvalue weighted by molar-refractivity contribution is 7.99. The van der Waals surface area contributed by atoms with Crippen LogP contribution in [0.15, 0.2) is 54.6 Å². The summed E-state index contributed by atoms with van der Waals surface area (Å²) in [6, 6.07) is 17.3. The van der Waals surface area contributed by atoms with Crippen molar-refractivity contribution in [2.75, 3.05) is 29.5 Å². The van der Waals surface area contributed by atoms with Crippen LogP contribution in [0.25, 0.3) is 10.4 Å². The highest BCUT2D eigenvalue weighted by Crippen LogP contribution is 2.36. The van der Waals surface area contributed by atoms with E-state index in [1.165, 1.54) is 11.9 Å². The van der Waals surface area contributed by atoms with Gasteiger partial charge in [-0.3, -0.25) is 4.79 Å². The molecule has 2 N–H and O–H groups in total. The van der Waals surface area contributed by atoms with Crippen molar-refractivity contribution >= 4 is 51.8 Å². The van der Waals surface area contributed by atoms with Crippen molar-refractivity contribution in [1.29, 1.82) is 5.26 Å². The molecule has 0 aliphatic carbocycles. The fourth-order valence-corrected chi connectivity index (χ4v) is 4.35. The Morgan fingerprint density at radius 2 is 1.85 bits per heavy atom. The van der Waals surface area contributed by atoms with Crippen LogP contribution in [-0.2, 0) is 14.3 Å². The summed E-state index contributed by atoms with van der Waals surface area (Å²) in [4.78, 5) is 37.9. The molecular formula is C24H21N3O5S2. The van der Waals surface area contributed by atoms with Crippen LogP contribution in [0.3, 0.4) is 0 Å². The molecule has 0 bridgehead atoms. The molecule has 0 fully saturated rings. The van der Waals surface area contributed by atoms with Crippen molar-refractivity contribution in [3.63, 3.8) is 0 Å². The van der Waals surface area contributed by atoms with Crippen molar-refractivity contribution in [3.8, 4) is 16.5 Å². The van der Waals surface area contributed by atoms with E-state index in [2.05, 4.69) is 16.1 Å². The summed E-state index contributed by atoms with van der Waals surface area (Å²) < 4.78 is 13.3. The lowest BCUT2D eigenvalue weighted by molar-refractivity contribution is -0.119. The van der Waals surface area contributed by atoms with Gasteiger partial charge >= 0.3 is 11.9 Å². The molecule has 8 nitrogen and oxygen atoms in total. The second-order valence-electron chi connectivity index (χ2n) is 6.78. The number of esters is 2. The molecule has 0 atom stereocenters. The Bertz CT molecular complexity index is 1250. The molecule has 0 saturated heterocycles. The lowest BCUT2D eigenvalue weighted by atomic mass is 10.1. The highest BCUT2D eigenvalue weighted by Gasteiger charge is 2.21. The maximum Gasteiger partial charge on any atom is 0.341 e. The number of thiophene rings is 1. The van der Waals surface area contributed by atoms with Gasteiger partial charge in [0.1, 0.15) is 5.00 Å². The Hall–Kier alpha value is -3.81. The van der Waals surface area contributed by atoms with Crippen molar-refractivity contribution in [3.05, 3.63) is 71.3 Å². The summed E-state index contributed by atoms with van der Waals surface area (Å²) in [5, 5.41) is 12.0. The van der Waals surface area contributed by atoms with E-state index in [4.69, 9.17) is 14.7 Å². The second-order valence-corrected chi connectivity index (χ2v) is 8.44. The molecule has 0 saturated carbocycles. The smallest absolute Gasteiger partial charge is 0.341 e. The molecule has 3 rings (SSSR count). The summed E-state index contributed by atoms with van der Waals surface area (Å²) in [5.41, 5.74) is 2.41. The Morgan fingerprint density at radius 3 is 2.59 bits per heavy atom. The van der Waals surface area contributed by atoms with E-state index < -0.39 is 24.5 Å². The summed E-state index contributed by atoms with van der Waals surface area (Å²) in [6.07, 6.45) is 1.86. The van der Waals surface area contributed by atoms with Crippen LogP contribution in [0.1, 0.15) is 33.2 Å². The third-order valence-corrected chi connectivity index (χ3v) is 5.95. The van der Waals surface area contributed by atoms with E-state index in [9.17, 15) is 14.4 Å². The van der Waals surface area contributed by atoms with E-state index in [0.29, 0.717) is 16.0 Å². The van der Waals surface area contributed by atoms with E-state index in [-0.39, 0.29) is 17.2 Å². The molecule has 0 unspecified atom stereocenters. The number of carbonyl (C=O) groups excluding carboxylic acids is 3. The van der Waals surface area contributed by atoms with Gasteiger partial charge in [0.2, 0.25) is 0 Å². The second kappa shape index (κ2) is 11.9. The molecule has 2 aromatic carbocycles. The van der Waals surface area contributed by atoms with Gasteiger partial charge in [0, 0.05) is 16.8 Å². The van der Waals surface area contributed by atoms with E-state index in [0.717, 1.165) is 22.6 Å². The number of benzene rings is 2. The summed E-state index contributed by atoms with van der Waals surface area (Å²) >= 11 is 2.54. The molecule has 0 spiro atoms. The minimum absolute atomic E-state index is 0.170. The Labute approximate surface area is 205 Å². The Balaban J connectivity index is 1.74. The van der Waals surface area contributed by atoms with Gasteiger partial charge in [-0.25, -0.2) is 9.59 Å². The Morgan fingerprint density at radius 1 is 1.06 bits per heavy atom. The van der Waals surface area contributed by atoms with Crippen molar-refractivity contribution in [2.24, 2.45) is 0 Å². The lowest BCUT2D eigenvalue weighted by Gasteiger charge is -2.08. The van der Waals surface area contributed by atoms with Gasteiger partial charge in [-0.05, 0) is 48.9 Å². The van der Waals surface area contributed by atoms with Crippen LogP contribution in [0.4, 0.5) is 10.7 Å². The first-order valence-electron chi connectivity index (χ1n) is 10.1. The number of nitrogens with zero attached hydrogens (tertiary/aromatic N) is 1. The number of carbonyl (C=O) groups is 3. The van der Waals surface area contributed by atoms with Crippen LogP contribution < -0.4 is 10.0 Å². The van der Waals surface area contributed by atoms with Crippen LogP contribution >= 0.6 is 23.3 Å². The van der Waals surface area contributed by atoms with Crippen molar-refractivity contribution in [2.45, 2.75) is 6.92 Å². The first-order valence-corrected chi connectivity index (χ1v) is 12.2. The third kappa shape index (κ3) is 6.37. The number of hydrogen-bond donors (Lipinski definition) is 2. The molecule has 0 aliphatic heterocycles. The van der Waals surface area contributed by atoms with Crippen LogP contribution in [0.5, 0.6) is 0 Å². The minimum Gasteiger partial charge on any atom is -0.462 e. The van der Waals surface area contributed by atoms with Gasteiger partial charge < -0.3 is 19.5 Å². The number of anilines is 2. The van der Waals surface area contributed by atoms with Crippen LogP contribution in [0.2, 0.25) is 0 Å². The highest BCUT2D eigenvalue weighted by atomic mass is 32.2. The monoisotopic (exact) mass is 495 g/mol. The van der Waals surface area contributed by atoms with Crippen LogP contribution in [0, 0.1) is 11.3 Å². The lowest BCUT2D eigenvalue weighted by Crippen LogP contribution is -2.21. The number of nitriles is 1. The molecule has 34 heavy (non-hydrogen) atoms. The molecule has 10 heteroatoms. The van der Waals surface area contributed by atoms with E-state index in [1.54, 1.807) is 61.5 Å². The van der Waals surface area contributed by atoms with Crippen molar-refractivity contribution in [1.82, 2.24) is 0 Å². The maximum atomic E-state index is 12.5. The maximum absolute atomic E-state index is 12.5. The molecule has 1 aromatic heterocycles. The van der Waals surface area contributed by atoms with Crippen molar-refractivity contribution < 1.29 is 23.9 Å². The van der Waals surface area contributed by atoms with Gasteiger partial charge in [0.05, 0.1) is 29.4 Å². The zero-order valence-corrected chi connectivity index (χ0v) is 20.0. The predicted molar refractivity (Wildman–Crippen MR) is 133 cm³/mol. The average molecular weight is 496 g/mol. The van der Waals surface area contributed by atoms with Crippen LogP contribution in [-0.4, -0.2) is 37.3 Å². The Kier molecular flexibility index (Phi) is 8.67. The number of hydrogen-bond acceptors (Lipinski definition) is 9. The third-order valence-electron chi connectivity index (χ3n) is 4.41. The molecule has 3 aromatic rings. The first kappa shape index (κ1) is 24.8. The van der Waals surface area contributed by atoms with E-state index in [1.807, 2.05) is 6.26 Å². The largest absolute Gasteiger partial charge is 0.462 e. The standard InChI is InChI=1S/C24H21N3O5S2/c1-3-31-24(30)19-12-20(16-7-4-6-15(10-16)13-25)34-22(19)26-21(28)14-32-23(29)17-8-5-9-18(11-17)27-33-2/h4-12,27H,3,14H2,1-2H3,(H,26,28). The topological polar surface area (TPSA) is 118 Å². The summed E-state index contributed by atoms with van der Waals surface area (Å²) in [7, 11) is 0. The molecular weight excluding hydrogens is 474 g/mol. The summed E-state index contributed by atoms with van der Waals surface area (Å²) in [6.45, 7) is 1.32. The van der Waals surface area contributed by atoms with Gasteiger partial charge in [-0.1, -0.05) is 30.1 Å². The van der Waals surface area contributed by atoms with Gasteiger partial charge in [-0.15, -0.1) is 11.3 Å². The molecule has 0 aliphatic rings. The van der Waals surface area contributed by atoms with Gasteiger partial charge in [0.25, 0.3) is 5.91 Å². The zero-order chi connectivity index (χ0) is 24.5. The fourth-order valence-electron chi connectivity index (χ4n) is 2.93. The number of ether oxygens (including phenoxy) is 2. The number of rotatable bonds is 9. The van der Waals surface area contributed by atoms with E-state index >= 15 is 0 Å². The first-order chi connectivity index (χ1) is 16.4. The van der Waals surface area contributed by atoms with Gasteiger partial charge in [0.15, 0.2) is 6.61 Å². The average Bonchev–Trinajstić information content (AvgIpc) is 3.27. The SMILES string of the molecule is CCOC(=O)c1cc(-c2cccc(C#N)c2)sc1NC(=O)COC(=O)c1cccc(NSC)c1. The molecule has 174 valence electrons. The number of nitrogens with one attached hydrogen (secondary N) is 2. The summed E-state index contributed by atoms with van der Waals surface area (Å²) in [5.74, 6) is -1.84. The zero-order valence-electron chi connectivity index (χ0n) is 18.4.